The molecule has 4 amide bonds. The van der Waals surface area contributed by atoms with E-state index in [1.807, 2.05) is 6.07 Å². The van der Waals surface area contributed by atoms with Gasteiger partial charge in [-0.2, -0.15) is 8.78 Å². The van der Waals surface area contributed by atoms with Gasteiger partial charge in [0.15, 0.2) is 0 Å². The van der Waals surface area contributed by atoms with E-state index in [-0.39, 0.29) is 25.5 Å². The first-order valence-electron chi connectivity index (χ1n) is 12.5. The number of rotatable bonds is 11. The van der Waals surface area contributed by atoms with Crippen molar-refractivity contribution in [1.82, 2.24) is 20.9 Å². The van der Waals surface area contributed by atoms with Crippen molar-refractivity contribution < 1.29 is 37.5 Å². The number of amides is 4. The molecule has 1 aliphatic rings. The van der Waals surface area contributed by atoms with Gasteiger partial charge in [-0.25, -0.2) is 4.79 Å². The van der Waals surface area contributed by atoms with Crippen molar-refractivity contribution >= 4 is 29.6 Å². The Bertz CT molecular complexity index is 1020. The van der Waals surface area contributed by atoms with Gasteiger partial charge in [0.2, 0.25) is 17.6 Å². The number of hydrogen-bond acceptors (Lipinski definition) is 6. The summed E-state index contributed by atoms with van der Waals surface area (Å²) in [5.41, 5.74) is 0.766. The number of ketones is 1. The molecule has 0 radical (unpaired) electrons. The Morgan fingerprint density at radius 3 is 2.16 bits per heavy atom. The number of ether oxygens (including phenoxy) is 1. The summed E-state index contributed by atoms with van der Waals surface area (Å²) >= 11 is 0. The molecule has 2 rings (SSSR count). The molecule has 0 aromatic heterocycles. The average molecular weight is 539 g/mol. The predicted octanol–water partition coefficient (Wildman–Crippen LogP) is 2.02. The summed E-state index contributed by atoms with van der Waals surface area (Å²) in [6.07, 6.45) is -0.101. The van der Waals surface area contributed by atoms with Gasteiger partial charge in [-0.1, -0.05) is 58.0 Å². The highest BCUT2D eigenvalue weighted by Crippen LogP contribution is 2.24. The number of alkyl carbamates (subject to hydrolysis) is 1. The van der Waals surface area contributed by atoms with Crippen LogP contribution in [0.2, 0.25) is 0 Å². The van der Waals surface area contributed by atoms with Gasteiger partial charge < -0.3 is 25.6 Å². The van der Waals surface area contributed by atoms with E-state index in [4.69, 9.17) is 4.74 Å². The van der Waals surface area contributed by atoms with Gasteiger partial charge in [0, 0.05) is 13.6 Å². The molecule has 1 aliphatic heterocycles. The summed E-state index contributed by atoms with van der Waals surface area (Å²) in [7, 11) is 0.977. The van der Waals surface area contributed by atoms with Crippen LogP contribution in [0.5, 0.6) is 0 Å². The van der Waals surface area contributed by atoms with E-state index in [9.17, 15) is 32.8 Å². The minimum atomic E-state index is -4.34. The largest absolute Gasteiger partial charge is 0.445 e. The highest BCUT2D eigenvalue weighted by atomic mass is 19.3. The fraction of sp³-hybridized carbons (Fsp3) is 0.577. The van der Waals surface area contributed by atoms with E-state index in [2.05, 4.69) is 10.6 Å². The minimum absolute atomic E-state index is 0.00569. The first-order valence-corrected chi connectivity index (χ1v) is 12.5. The lowest BCUT2D eigenvalue weighted by molar-refractivity contribution is -0.161. The SMILES string of the molecule is CNC(=O)C(F)(F)C(=O)[C@@H](NC(=O)[C@@H]1CCCN1C(=O)[C@@H](NC(=O)OCc1ccccc1)C(C)C)C(C)C. The molecular formula is C26H36F2N4O6. The van der Waals surface area contributed by atoms with Crippen LogP contribution in [0.15, 0.2) is 30.3 Å². The number of Topliss-reactive ketones (excluding diaryl/α,β-unsaturated/α-hetero) is 1. The molecule has 1 saturated heterocycles. The molecule has 0 aliphatic carbocycles. The van der Waals surface area contributed by atoms with Crippen molar-refractivity contribution in [2.24, 2.45) is 11.8 Å². The fourth-order valence-electron chi connectivity index (χ4n) is 4.14. The van der Waals surface area contributed by atoms with E-state index in [1.54, 1.807) is 43.4 Å². The zero-order chi connectivity index (χ0) is 28.6. The van der Waals surface area contributed by atoms with Gasteiger partial charge in [-0.3, -0.25) is 19.2 Å². The van der Waals surface area contributed by atoms with Crippen LogP contribution in [0.4, 0.5) is 13.6 Å². The molecule has 0 bridgehead atoms. The van der Waals surface area contributed by atoms with Crippen LogP contribution in [-0.2, 0) is 30.5 Å². The number of likely N-dealkylation sites (tertiary alicyclic amines) is 1. The van der Waals surface area contributed by atoms with Gasteiger partial charge in [-0.05, 0) is 30.2 Å². The topological polar surface area (TPSA) is 134 Å². The maximum Gasteiger partial charge on any atom is 0.408 e. The predicted molar refractivity (Wildman–Crippen MR) is 134 cm³/mol. The standard InChI is InChI=1S/C26H36F2N4O6/c1-15(2)19(21(33)26(27,28)24(36)29-5)30-22(34)18-12-9-13-32(18)23(35)20(16(3)4)31-25(37)38-14-17-10-7-6-8-11-17/h6-8,10-11,15-16,18-20H,9,12-14H2,1-5H3,(H,29,36)(H,30,34)(H,31,37)/t18-,19-,20-/m0/s1. The van der Waals surface area contributed by atoms with Crippen molar-refractivity contribution in [3.63, 3.8) is 0 Å². The summed E-state index contributed by atoms with van der Waals surface area (Å²) in [6, 6.07) is 5.29. The molecule has 1 heterocycles. The number of halogens is 2. The number of alkyl halides is 2. The Kier molecular flexibility index (Phi) is 10.7. The number of carbonyl (C=O) groups is 5. The smallest absolute Gasteiger partial charge is 0.408 e. The summed E-state index contributed by atoms with van der Waals surface area (Å²) in [5, 5.41) is 6.63. The van der Waals surface area contributed by atoms with E-state index in [0.717, 1.165) is 12.6 Å². The van der Waals surface area contributed by atoms with Crippen LogP contribution in [0.3, 0.4) is 0 Å². The lowest BCUT2D eigenvalue weighted by Crippen LogP contribution is -2.59. The van der Waals surface area contributed by atoms with Crippen molar-refractivity contribution in [2.75, 3.05) is 13.6 Å². The second-order valence-electron chi connectivity index (χ2n) is 9.87. The number of nitrogens with zero attached hydrogens (tertiary/aromatic N) is 1. The van der Waals surface area contributed by atoms with Gasteiger partial charge in [0.25, 0.3) is 5.91 Å². The second-order valence-corrected chi connectivity index (χ2v) is 9.87. The van der Waals surface area contributed by atoms with Crippen LogP contribution in [0.1, 0.15) is 46.1 Å². The van der Waals surface area contributed by atoms with Crippen LogP contribution >= 0.6 is 0 Å². The molecule has 1 aromatic carbocycles. The fourth-order valence-corrected chi connectivity index (χ4v) is 4.14. The maximum atomic E-state index is 14.3. The Morgan fingerprint density at radius 1 is 1.00 bits per heavy atom. The van der Waals surface area contributed by atoms with Gasteiger partial charge in [-0.15, -0.1) is 0 Å². The molecule has 12 heteroatoms. The Balaban J connectivity index is 2.11. The van der Waals surface area contributed by atoms with E-state index >= 15 is 0 Å². The highest BCUT2D eigenvalue weighted by molar-refractivity contribution is 6.10. The second kappa shape index (κ2) is 13.3. The van der Waals surface area contributed by atoms with E-state index in [1.165, 1.54) is 18.7 Å². The van der Waals surface area contributed by atoms with Crippen LogP contribution in [0, 0.1) is 11.8 Å². The summed E-state index contributed by atoms with van der Waals surface area (Å²) < 4.78 is 33.8. The van der Waals surface area contributed by atoms with Crippen LogP contribution in [-0.4, -0.2) is 72.1 Å². The Labute approximate surface area is 220 Å². The normalized spacial score (nSPS) is 17.1. The van der Waals surface area contributed by atoms with Crippen molar-refractivity contribution in [3.8, 4) is 0 Å². The highest BCUT2D eigenvalue weighted by Gasteiger charge is 2.51. The number of carbonyl (C=O) groups excluding carboxylic acids is 5. The number of benzene rings is 1. The zero-order valence-corrected chi connectivity index (χ0v) is 22.3. The Hall–Kier alpha value is -3.57. The lowest BCUT2D eigenvalue weighted by atomic mass is 9.94. The molecule has 210 valence electrons. The first kappa shape index (κ1) is 30.7. The molecule has 1 aromatic rings. The van der Waals surface area contributed by atoms with E-state index in [0.29, 0.717) is 6.42 Å². The third-order valence-electron chi connectivity index (χ3n) is 6.33. The molecule has 0 saturated carbocycles. The maximum absolute atomic E-state index is 14.3. The third kappa shape index (κ3) is 7.48. The molecule has 1 fully saturated rings. The quantitative estimate of drug-likeness (QED) is 0.369. The summed E-state index contributed by atoms with van der Waals surface area (Å²) in [4.78, 5) is 64.2. The third-order valence-corrected chi connectivity index (χ3v) is 6.33. The van der Waals surface area contributed by atoms with E-state index < -0.39 is 59.6 Å². The number of hydrogen-bond donors (Lipinski definition) is 3. The van der Waals surface area contributed by atoms with Crippen LogP contribution in [0.25, 0.3) is 0 Å². The molecule has 0 unspecified atom stereocenters. The molecule has 38 heavy (non-hydrogen) atoms. The summed E-state index contributed by atoms with van der Waals surface area (Å²) in [5.74, 6) is -10.3. The lowest BCUT2D eigenvalue weighted by Gasteiger charge is -2.32. The summed E-state index contributed by atoms with van der Waals surface area (Å²) in [6.45, 7) is 6.57. The monoisotopic (exact) mass is 538 g/mol. The number of nitrogens with one attached hydrogen (secondary N) is 3. The molecular weight excluding hydrogens is 502 g/mol. The zero-order valence-electron chi connectivity index (χ0n) is 22.3. The van der Waals surface area contributed by atoms with Crippen molar-refractivity contribution in [2.45, 2.75) is 71.2 Å². The Morgan fingerprint density at radius 2 is 1.61 bits per heavy atom. The molecule has 3 atom stereocenters. The van der Waals surface area contributed by atoms with Gasteiger partial charge in [0.05, 0.1) is 6.04 Å². The molecule has 0 spiro atoms. The van der Waals surface area contributed by atoms with Crippen LogP contribution < -0.4 is 16.0 Å². The molecule has 10 nitrogen and oxygen atoms in total. The minimum Gasteiger partial charge on any atom is -0.445 e. The van der Waals surface area contributed by atoms with Crippen molar-refractivity contribution in [3.05, 3.63) is 35.9 Å². The van der Waals surface area contributed by atoms with Crippen molar-refractivity contribution in [1.29, 1.82) is 0 Å². The van der Waals surface area contributed by atoms with Gasteiger partial charge in [0.1, 0.15) is 18.7 Å². The van der Waals surface area contributed by atoms with Gasteiger partial charge >= 0.3 is 12.0 Å². The first-order chi connectivity index (χ1) is 17.8. The average Bonchev–Trinajstić information content (AvgIpc) is 3.38. The molecule has 3 N–H and O–H groups in total.